The van der Waals surface area contributed by atoms with Crippen molar-refractivity contribution in [3.63, 3.8) is 0 Å². The number of nitrogens with zero attached hydrogens (tertiary/aromatic N) is 2. The number of carbonyl (C=O) groups is 2. The summed E-state index contributed by atoms with van der Waals surface area (Å²) in [7, 11) is -2.71. The van der Waals surface area contributed by atoms with Gasteiger partial charge in [-0.2, -0.15) is 0 Å². The van der Waals surface area contributed by atoms with Crippen LogP contribution in [0.1, 0.15) is 25.8 Å². The van der Waals surface area contributed by atoms with Gasteiger partial charge in [0.1, 0.15) is 18.3 Å². The van der Waals surface area contributed by atoms with Crippen LogP contribution in [0.4, 0.5) is 5.69 Å². The summed E-state index contributed by atoms with van der Waals surface area (Å²) in [5.41, 5.74) is 0.752. The Labute approximate surface area is 239 Å². The van der Waals surface area contributed by atoms with Gasteiger partial charge in [-0.15, -0.1) is 0 Å². The van der Waals surface area contributed by atoms with E-state index in [1.165, 1.54) is 36.3 Å². The van der Waals surface area contributed by atoms with Gasteiger partial charge < -0.3 is 15.0 Å². The maximum atomic E-state index is 13.9. The molecule has 0 bridgehead atoms. The number of anilines is 1. The molecule has 1 N–H and O–H groups in total. The number of hydrogen-bond donors (Lipinski definition) is 1. The summed E-state index contributed by atoms with van der Waals surface area (Å²) >= 11 is 12.7. The minimum Gasteiger partial charge on any atom is -0.497 e. The third kappa shape index (κ3) is 7.44. The van der Waals surface area contributed by atoms with Crippen molar-refractivity contribution in [3.05, 3.63) is 88.4 Å². The van der Waals surface area contributed by atoms with Crippen LogP contribution in [0.2, 0.25) is 10.0 Å². The Hall–Kier alpha value is -3.27. The molecule has 0 aliphatic heterocycles. The van der Waals surface area contributed by atoms with E-state index in [0.717, 1.165) is 10.7 Å². The van der Waals surface area contributed by atoms with Gasteiger partial charge in [0, 0.05) is 13.1 Å². The number of sulfonamides is 1. The average Bonchev–Trinajstić information content (AvgIpc) is 2.95. The van der Waals surface area contributed by atoms with Crippen molar-refractivity contribution >= 4 is 50.7 Å². The van der Waals surface area contributed by atoms with Gasteiger partial charge in [-0.05, 0) is 55.3 Å². The van der Waals surface area contributed by atoms with E-state index in [2.05, 4.69) is 5.32 Å². The molecule has 3 aromatic rings. The molecule has 0 spiro atoms. The lowest BCUT2D eigenvalue weighted by Gasteiger charge is -2.32. The number of ether oxygens (including phenoxy) is 1. The fraction of sp³-hybridized carbons (Fsp3) is 0.286. The molecule has 0 saturated carbocycles. The zero-order chi connectivity index (χ0) is 28.6. The molecule has 2 amide bonds. The van der Waals surface area contributed by atoms with E-state index in [1.807, 2.05) is 6.92 Å². The van der Waals surface area contributed by atoms with Crippen LogP contribution in [-0.2, 0) is 26.2 Å². The van der Waals surface area contributed by atoms with Crippen LogP contribution >= 0.6 is 23.2 Å². The first kappa shape index (κ1) is 30.3. The second-order valence-electron chi connectivity index (χ2n) is 8.74. The fourth-order valence-corrected chi connectivity index (χ4v) is 5.76. The Kier molecular flexibility index (Phi) is 10.6. The van der Waals surface area contributed by atoms with E-state index in [9.17, 15) is 18.0 Å². The summed E-state index contributed by atoms with van der Waals surface area (Å²) in [6, 6.07) is 18.5. The first-order valence-electron chi connectivity index (χ1n) is 12.3. The molecule has 11 heteroatoms. The topological polar surface area (TPSA) is 96.0 Å². The number of carbonyl (C=O) groups excluding carboxylic acids is 2. The molecule has 0 aromatic heterocycles. The van der Waals surface area contributed by atoms with E-state index in [1.54, 1.807) is 55.5 Å². The first-order valence-corrected chi connectivity index (χ1v) is 14.5. The normalized spacial score (nSPS) is 11.9. The lowest BCUT2D eigenvalue weighted by atomic mass is 10.1. The maximum absolute atomic E-state index is 13.9. The molecule has 0 saturated heterocycles. The summed E-state index contributed by atoms with van der Waals surface area (Å²) in [6.07, 6.45) is 0.721. The highest BCUT2D eigenvalue weighted by molar-refractivity contribution is 7.92. The van der Waals surface area contributed by atoms with Crippen LogP contribution in [0.3, 0.4) is 0 Å². The smallest absolute Gasteiger partial charge is 0.264 e. The molecule has 0 aliphatic rings. The quantitative estimate of drug-likeness (QED) is 0.314. The molecule has 3 aromatic carbocycles. The summed E-state index contributed by atoms with van der Waals surface area (Å²) in [5, 5.41) is 2.93. The van der Waals surface area contributed by atoms with E-state index < -0.39 is 28.5 Å². The average molecular weight is 593 g/mol. The van der Waals surface area contributed by atoms with Crippen molar-refractivity contribution in [2.45, 2.75) is 37.8 Å². The van der Waals surface area contributed by atoms with Crippen molar-refractivity contribution in [2.24, 2.45) is 0 Å². The van der Waals surface area contributed by atoms with Gasteiger partial charge in [0.05, 0.1) is 27.7 Å². The van der Waals surface area contributed by atoms with Crippen molar-refractivity contribution in [1.82, 2.24) is 10.2 Å². The highest BCUT2D eigenvalue weighted by Gasteiger charge is 2.33. The third-order valence-electron chi connectivity index (χ3n) is 6.01. The number of rotatable bonds is 12. The van der Waals surface area contributed by atoms with E-state index in [-0.39, 0.29) is 33.1 Å². The minimum atomic E-state index is -4.24. The molecule has 8 nitrogen and oxygen atoms in total. The molecule has 1 atom stereocenters. The molecule has 0 heterocycles. The van der Waals surface area contributed by atoms with Gasteiger partial charge in [0.2, 0.25) is 11.8 Å². The van der Waals surface area contributed by atoms with Crippen LogP contribution in [0.15, 0.2) is 77.7 Å². The van der Waals surface area contributed by atoms with Crippen LogP contribution in [0.5, 0.6) is 5.75 Å². The Morgan fingerprint density at radius 2 is 1.69 bits per heavy atom. The van der Waals surface area contributed by atoms with Gasteiger partial charge in [-0.3, -0.25) is 13.9 Å². The molecule has 0 radical (unpaired) electrons. The number of hydrogen-bond acceptors (Lipinski definition) is 5. The summed E-state index contributed by atoms with van der Waals surface area (Å²) in [6.45, 7) is 3.39. The lowest BCUT2D eigenvalue weighted by molar-refractivity contribution is -0.139. The van der Waals surface area contributed by atoms with Gasteiger partial charge >= 0.3 is 0 Å². The predicted octanol–water partition coefficient (Wildman–Crippen LogP) is 5.14. The SMILES string of the molecule is CCCNC(=O)C(C)N(Cc1cccc(OC)c1)C(=O)CN(c1cccc(Cl)c1Cl)S(=O)(=O)c1ccccc1. The van der Waals surface area contributed by atoms with Crippen LogP contribution in [0.25, 0.3) is 0 Å². The molecular weight excluding hydrogens is 561 g/mol. The highest BCUT2D eigenvalue weighted by atomic mass is 35.5. The van der Waals surface area contributed by atoms with Crippen LogP contribution < -0.4 is 14.4 Å². The second-order valence-corrected chi connectivity index (χ2v) is 11.4. The monoisotopic (exact) mass is 591 g/mol. The number of benzene rings is 3. The number of methoxy groups -OCH3 is 1. The summed E-state index contributed by atoms with van der Waals surface area (Å²) in [5.74, 6) is -0.374. The molecule has 0 fully saturated rings. The van der Waals surface area contributed by atoms with Crippen LogP contribution in [0, 0.1) is 0 Å². The van der Waals surface area contributed by atoms with Crippen LogP contribution in [-0.4, -0.2) is 51.4 Å². The lowest BCUT2D eigenvalue weighted by Crippen LogP contribution is -2.51. The predicted molar refractivity (Wildman–Crippen MR) is 154 cm³/mol. The Morgan fingerprint density at radius 3 is 2.36 bits per heavy atom. The molecule has 0 aliphatic carbocycles. The number of amides is 2. The van der Waals surface area contributed by atoms with E-state index >= 15 is 0 Å². The molecule has 208 valence electrons. The van der Waals surface area contributed by atoms with Gasteiger partial charge in [-0.1, -0.05) is 66.5 Å². The van der Waals surface area contributed by atoms with Crippen molar-refractivity contribution in [2.75, 3.05) is 24.5 Å². The third-order valence-corrected chi connectivity index (χ3v) is 8.60. The Bertz CT molecular complexity index is 1400. The highest BCUT2D eigenvalue weighted by Crippen LogP contribution is 2.35. The van der Waals surface area contributed by atoms with Crippen molar-refractivity contribution in [3.8, 4) is 5.75 Å². The Morgan fingerprint density at radius 1 is 1.00 bits per heavy atom. The Balaban J connectivity index is 2.06. The second kappa shape index (κ2) is 13.7. The molecule has 39 heavy (non-hydrogen) atoms. The summed E-state index contributed by atoms with van der Waals surface area (Å²) in [4.78, 5) is 28.2. The van der Waals surface area contributed by atoms with Gasteiger partial charge in [-0.25, -0.2) is 8.42 Å². The zero-order valence-electron chi connectivity index (χ0n) is 21.9. The minimum absolute atomic E-state index is 0.0143. The van der Waals surface area contributed by atoms with Gasteiger partial charge in [0.25, 0.3) is 10.0 Å². The maximum Gasteiger partial charge on any atom is 0.264 e. The van der Waals surface area contributed by atoms with E-state index in [0.29, 0.717) is 17.9 Å². The first-order chi connectivity index (χ1) is 18.6. The summed E-state index contributed by atoms with van der Waals surface area (Å²) < 4.78 is 33.8. The molecule has 1 unspecified atom stereocenters. The molecular formula is C28H31Cl2N3O5S. The number of halogens is 2. The van der Waals surface area contributed by atoms with E-state index in [4.69, 9.17) is 27.9 Å². The van der Waals surface area contributed by atoms with Crippen molar-refractivity contribution in [1.29, 1.82) is 0 Å². The fourth-order valence-electron chi connectivity index (χ4n) is 3.86. The number of nitrogens with one attached hydrogen (secondary N) is 1. The molecule has 3 rings (SSSR count). The standard InChI is InChI=1S/C28H31Cl2N3O5S/c1-4-16-31-28(35)20(2)32(18-21-10-8-11-22(17-21)38-3)26(34)19-33(25-15-9-14-24(29)27(25)30)39(36,37)23-12-6-5-7-13-23/h5-15,17,20H,4,16,18-19H2,1-3H3,(H,31,35). The van der Waals surface area contributed by atoms with Crippen molar-refractivity contribution < 1.29 is 22.7 Å². The van der Waals surface area contributed by atoms with Gasteiger partial charge in [0.15, 0.2) is 0 Å². The zero-order valence-corrected chi connectivity index (χ0v) is 24.3. The largest absolute Gasteiger partial charge is 0.497 e.